The number of carbonyl (C=O) groups is 1. The number of halogens is 2. The van der Waals surface area contributed by atoms with Gasteiger partial charge in [-0.2, -0.15) is 0 Å². The highest BCUT2D eigenvalue weighted by Crippen LogP contribution is 2.27. The number of fused-ring (bicyclic) bond motifs is 1. The van der Waals surface area contributed by atoms with E-state index in [9.17, 15) is 4.79 Å². The second-order valence-corrected chi connectivity index (χ2v) is 6.36. The second-order valence-electron chi connectivity index (χ2n) is 5.55. The average molecular weight is 348 g/mol. The van der Waals surface area contributed by atoms with Crippen LogP contribution < -0.4 is 5.32 Å². The molecule has 0 unspecified atom stereocenters. The molecule has 0 bridgehead atoms. The summed E-state index contributed by atoms with van der Waals surface area (Å²) in [5, 5.41) is 4.65. The van der Waals surface area contributed by atoms with E-state index in [-0.39, 0.29) is 12.3 Å². The van der Waals surface area contributed by atoms with Crippen LogP contribution in [0.4, 0.5) is 5.69 Å². The number of hydrogen-bond acceptors (Lipinski definition) is 2. The van der Waals surface area contributed by atoms with Crippen LogP contribution in [0, 0.1) is 13.8 Å². The molecule has 118 valence electrons. The molecule has 3 rings (SSSR count). The number of nitrogens with one attached hydrogen (secondary N) is 1. The monoisotopic (exact) mass is 347 g/mol. The first-order valence-corrected chi connectivity index (χ1v) is 7.92. The summed E-state index contributed by atoms with van der Waals surface area (Å²) >= 11 is 11.8. The number of carbonyl (C=O) groups excluding carboxylic acids is 1. The highest BCUT2D eigenvalue weighted by Gasteiger charge is 2.12. The molecular formula is C18H15Cl2NO2. The van der Waals surface area contributed by atoms with Crippen molar-refractivity contribution in [3.05, 3.63) is 63.3 Å². The molecule has 0 saturated carbocycles. The molecule has 3 nitrogen and oxygen atoms in total. The Morgan fingerprint density at radius 3 is 2.57 bits per heavy atom. The highest BCUT2D eigenvalue weighted by atomic mass is 35.5. The Bertz CT molecular complexity index is 899. The first-order chi connectivity index (χ1) is 10.9. The van der Waals surface area contributed by atoms with E-state index in [0.29, 0.717) is 15.7 Å². The fourth-order valence-electron chi connectivity index (χ4n) is 2.43. The van der Waals surface area contributed by atoms with Crippen LogP contribution in [0.5, 0.6) is 0 Å². The van der Waals surface area contributed by atoms with Crippen LogP contribution in [0.15, 0.2) is 41.0 Å². The largest absolute Gasteiger partial charge is 0.464 e. The van der Waals surface area contributed by atoms with Crippen molar-refractivity contribution in [2.24, 2.45) is 0 Å². The van der Waals surface area contributed by atoms with Gasteiger partial charge < -0.3 is 9.73 Å². The Morgan fingerprint density at radius 1 is 1.09 bits per heavy atom. The van der Waals surface area contributed by atoms with Crippen molar-refractivity contribution in [1.29, 1.82) is 0 Å². The third-order valence-electron chi connectivity index (χ3n) is 3.82. The number of benzene rings is 2. The third kappa shape index (κ3) is 3.36. The first kappa shape index (κ1) is 15.9. The maximum Gasteiger partial charge on any atom is 0.228 e. The zero-order valence-corrected chi connectivity index (χ0v) is 14.3. The lowest BCUT2D eigenvalue weighted by Gasteiger charge is -2.06. The summed E-state index contributed by atoms with van der Waals surface area (Å²) < 4.78 is 5.55. The van der Waals surface area contributed by atoms with Crippen molar-refractivity contribution in [2.75, 3.05) is 5.32 Å². The molecule has 0 fully saturated rings. The molecule has 0 aliphatic heterocycles. The van der Waals surface area contributed by atoms with Gasteiger partial charge in [0.2, 0.25) is 5.91 Å². The van der Waals surface area contributed by atoms with Gasteiger partial charge in [-0.25, -0.2) is 0 Å². The number of rotatable bonds is 3. The molecule has 1 N–H and O–H groups in total. The lowest BCUT2D eigenvalue weighted by atomic mass is 10.0. The minimum atomic E-state index is -0.135. The molecule has 5 heteroatoms. The van der Waals surface area contributed by atoms with Crippen LogP contribution >= 0.6 is 23.2 Å². The predicted octanol–water partition coefficient (Wildman–Crippen LogP) is 5.54. The van der Waals surface area contributed by atoms with Gasteiger partial charge in [-0.1, -0.05) is 23.2 Å². The molecule has 0 saturated heterocycles. The molecule has 1 amide bonds. The summed E-state index contributed by atoms with van der Waals surface area (Å²) in [7, 11) is 0. The van der Waals surface area contributed by atoms with Crippen LogP contribution in [-0.4, -0.2) is 5.91 Å². The van der Waals surface area contributed by atoms with Gasteiger partial charge in [0, 0.05) is 16.6 Å². The van der Waals surface area contributed by atoms with E-state index in [2.05, 4.69) is 11.4 Å². The summed E-state index contributed by atoms with van der Waals surface area (Å²) in [6.07, 6.45) is 1.87. The van der Waals surface area contributed by atoms with E-state index in [0.717, 1.165) is 16.5 Å². The summed E-state index contributed by atoms with van der Waals surface area (Å²) in [5.41, 5.74) is 4.61. The van der Waals surface area contributed by atoms with Crippen LogP contribution in [0.2, 0.25) is 10.0 Å². The number of hydrogen-bond donors (Lipinski definition) is 1. The standard InChI is InChI=1S/C18H15Cl2NO2/c1-10-5-14-12(9-23-17(14)6-11(10)2)7-18(22)21-13-3-4-15(19)16(20)8-13/h3-6,8-9H,7H2,1-2H3,(H,21,22). The van der Waals surface area contributed by atoms with Crippen LogP contribution in [0.1, 0.15) is 16.7 Å². The van der Waals surface area contributed by atoms with Gasteiger partial charge in [0.05, 0.1) is 22.7 Å². The van der Waals surface area contributed by atoms with Gasteiger partial charge in [0.25, 0.3) is 0 Å². The van der Waals surface area contributed by atoms with Gasteiger partial charge in [0.15, 0.2) is 0 Å². The number of amides is 1. The Labute approximate surface area is 144 Å². The molecule has 0 aliphatic carbocycles. The van der Waals surface area contributed by atoms with Gasteiger partial charge in [0.1, 0.15) is 5.58 Å². The van der Waals surface area contributed by atoms with Crippen molar-refractivity contribution < 1.29 is 9.21 Å². The highest BCUT2D eigenvalue weighted by molar-refractivity contribution is 6.42. The van der Waals surface area contributed by atoms with Crippen LogP contribution in [0.3, 0.4) is 0 Å². The van der Waals surface area contributed by atoms with Gasteiger partial charge >= 0.3 is 0 Å². The molecule has 1 heterocycles. The minimum absolute atomic E-state index is 0.135. The van der Waals surface area contributed by atoms with E-state index < -0.39 is 0 Å². The molecule has 3 aromatic rings. The maximum absolute atomic E-state index is 12.2. The van der Waals surface area contributed by atoms with Crippen LogP contribution in [-0.2, 0) is 11.2 Å². The van der Waals surface area contributed by atoms with E-state index in [1.165, 1.54) is 11.1 Å². The van der Waals surface area contributed by atoms with Crippen molar-refractivity contribution in [3.63, 3.8) is 0 Å². The smallest absolute Gasteiger partial charge is 0.228 e. The number of furan rings is 1. The zero-order valence-electron chi connectivity index (χ0n) is 12.7. The molecule has 0 radical (unpaired) electrons. The lowest BCUT2D eigenvalue weighted by molar-refractivity contribution is -0.115. The lowest BCUT2D eigenvalue weighted by Crippen LogP contribution is -2.14. The van der Waals surface area contributed by atoms with E-state index in [1.807, 2.05) is 19.9 Å². The minimum Gasteiger partial charge on any atom is -0.464 e. The Hall–Kier alpha value is -1.97. The summed E-state index contributed by atoms with van der Waals surface area (Å²) in [5.74, 6) is -0.135. The van der Waals surface area contributed by atoms with Crippen molar-refractivity contribution in [2.45, 2.75) is 20.3 Å². The zero-order chi connectivity index (χ0) is 16.6. The topological polar surface area (TPSA) is 42.2 Å². The summed E-state index contributed by atoms with van der Waals surface area (Å²) in [6, 6.07) is 9.04. The molecule has 0 spiro atoms. The SMILES string of the molecule is Cc1cc2occ(CC(=O)Nc3ccc(Cl)c(Cl)c3)c2cc1C. The number of aryl methyl sites for hydroxylation is 2. The van der Waals surface area contributed by atoms with Gasteiger partial charge in [-0.3, -0.25) is 4.79 Å². The molecular weight excluding hydrogens is 333 g/mol. The van der Waals surface area contributed by atoms with Gasteiger partial charge in [-0.15, -0.1) is 0 Å². The second kappa shape index (κ2) is 6.26. The fraction of sp³-hybridized carbons (Fsp3) is 0.167. The number of anilines is 1. The predicted molar refractivity (Wildman–Crippen MR) is 94.5 cm³/mol. The van der Waals surface area contributed by atoms with E-state index >= 15 is 0 Å². The maximum atomic E-state index is 12.2. The molecule has 2 aromatic carbocycles. The van der Waals surface area contributed by atoms with Crippen LogP contribution in [0.25, 0.3) is 11.0 Å². The average Bonchev–Trinajstić information content (AvgIpc) is 2.86. The fourth-order valence-corrected chi connectivity index (χ4v) is 2.72. The normalized spacial score (nSPS) is 11.0. The van der Waals surface area contributed by atoms with E-state index in [4.69, 9.17) is 27.6 Å². The van der Waals surface area contributed by atoms with E-state index in [1.54, 1.807) is 24.5 Å². The Balaban J connectivity index is 1.80. The molecule has 0 aliphatic rings. The summed E-state index contributed by atoms with van der Waals surface area (Å²) in [6.45, 7) is 4.08. The first-order valence-electron chi connectivity index (χ1n) is 7.16. The van der Waals surface area contributed by atoms with Crippen molar-refractivity contribution in [1.82, 2.24) is 0 Å². The Morgan fingerprint density at radius 2 is 1.83 bits per heavy atom. The summed E-state index contributed by atoms with van der Waals surface area (Å²) in [4.78, 5) is 12.2. The van der Waals surface area contributed by atoms with Gasteiger partial charge in [-0.05, 0) is 55.3 Å². The molecule has 23 heavy (non-hydrogen) atoms. The molecule has 1 aromatic heterocycles. The van der Waals surface area contributed by atoms with Crippen molar-refractivity contribution >= 4 is 45.8 Å². The van der Waals surface area contributed by atoms with Crippen molar-refractivity contribution in [3.8, 4) is 0 Å². The molecule has 0 atom stereocenters. The quantitative estimate of drug-likeness (QED) is 0.675. The third-order valence-corrected chi connectivity index (χ3v) is 4.56. The Kier molecular flexibility index (Phi) is 4.33.